The first-order valence-corrected chi connectivity index (χ1v) is 8.60. The molecule has 0 aromatic heterocycles. The summed E-state index contributed by atoms with van der Waals surface area (Å²) in [5.74, 6) is -0.382. The van der Waals surface area contributed by atoms with Crippen LogP contribution in [0.25, 0.3) is 11.1 Å². The minimum Gasteiger partial charge on any atom is -0.465 e. The lowest BCUT2D eigenvalue weighted by Gasteiger charge is -2.13. The van der Waals surface area contributed by atoms with Gasteiger partial charge in [-0.05, 0) is 47.7 Å². The van der Waals surface area contributed by atoms with E-state index in [4.69, 9.17) is 4.74 Å². The highest BCUT2D eigenvalue weighted by atomic mass is 16.5. The molecule has 4 nitrogen and oxygen atoms in total. The Morgan fingerprint density at radius 3 is 2.52 bits per heavy atom. The van der Waals surface area contributed by atoms with E-state index < -0.39 is 0 Å². The zero-order valence-electron chi connectivity index (χ0n) is 15.1. The number of carbonyl (C=O) groups is 2. The van der Waals surface area contributed by atoms with Crippen LogP contribution in [-0.4, -0.2) is 25.5 Å². The number of nitrogens with one attached hydrogen (secondary N) is 1. The fourth-order valence-electron chi connectivity index (χ4n) is 2.74. The zero-order chi connectivity index (χ0) is 18.2. The molecule has 132 valence electrons. The van der Waals surface area contributed by atoms with E-state index in [1.54, 1.807) is 6.07 Å². The maximum absolute atomic E-state index is 12.1. The highest BCUT2D eigenvalue weighted by Crippen LogP contribution is 2.28. The molecule has 0 saturated carbocycles. The largest absolute Gasteiger partial charge is 0.465 e. The van der Waals surface area contributed by atoms with Crippen LogP contribution in [0.5, 0.6) is 0 Å². The summed E-state index contributed by atoms with van der Waals surface area (Å²) in [6, 6.07) is 13.3. The summed E-state index contributed by atoms with van der Waals surface area (Å²) in [6.45, 7) is 4.78. The first-order valence-electron chi connectivity index (χ1n) is 8.60. The summed E-state index contributed by atoms with van der Waals surface area (Å²) in [4.78, 5) is 24.2. The van der Waals surface area contributed by atoms with E-state index in [1.165, 1.54) is 7.11 Å². The molecule has 0 aliphatic heterocycles. The fraction of sp³-hybridized carbons (Fsp3) is 0.333. The minimum atomic E-state index is -0.378. The van der Waals surface area contributed by atoms with Gasteiger partial charge in [-0.2, -0.15) is 0 Å². The lowest BCUT2D eigenvalue weighted by molar-refractivity contribution is -0.120. The molecule has 0 aliphatic carbocycles. The molecule has 4 heteroatoms. The Labute approximate surface area is 149 Å². The number of benzene rings is 2. The van der Waals surface area contributed by atoms with Crippen molar-refractivity contribution >= 4 is 11.9 Å². The van der Waals surface area contributed by atoms with Gasteiger partial charge in [-0.3, -0.25) is 4.79 Å². The third-order valence-electron chi connectivity index (χ3n) is 4.14. The van der Waals surface area contributed by atoms with Crippen LogP contribution in [0.15, 0.2) is 42.5 Å². The van der Waals surface area contributed by atoms with Crippen LogP contribution in [0.2, 0.25) is 0 Å². The van der Waals surface area contributed by atoms with Crippen molar-refractivity contribution in [3.05, 3.63) is 59.2 Å². The second-order valence-electron chi connectivity index (χ2n) is 6.07. The van der Waals surface area contributed by atoms with Crippen LogP contribution < -0.4 is 5.32 Å². The number of hydrogen-bond donors (Lipinski definition) is 1. The quantitative estimate of drug-likeness (QED) is 0.615. The monoisotopic (exact) mass is 339 g/mol. The van der Waals surface area contributed by atoms with Crippen molar-refractivity contribution in [3.63, 3.8) is 0 Å². The molecule has 1 amide bonds. The third-order valence-corrected chi connectivity index (χ3v) is 4.14. The Morgan fingerprint density at radius 1 is 1.08 bits per heavy atom. The Kier molecular flexibility index (Phi) is 6.75. The van der Waals surface area contributed by atoms with Crippen LogP contribution in [0.3, 0.4) is 0 Å². The van der Waals surface area contributed by atoms with E-state index in [9.17, 15) is 9.59 Å². The van der Waals surface area contributed by atoms with Crippen molar-refractivity contribution in [1.82, 2.24) is 5.32 Å². The molecule has 2 aromatic carbocycles. The SMILES string of the molecule is CCCCNC(=O)Cc1ccc(C(=O)OC)c(-c2ccccc2C)c1. The van der Waals surface area contributed by atoms with E-state index in [1.807, 2.05) is 43.3 Å². The van der Waals surface area contributed by atoms with Gasteiger partial charge in [-0.1, -0.05) is 43.7 Å². The molecule has 2 rings (SSSR count). The number of ether oxygens (including phenoxy) is 1. The molecule has 0 heterocycles. The Morgan fingerprint density at radius 2 is 1.84 bits per heavy atom. The highest BCUT2D eigenvalue weighted by molar-refractivity contribution is 5.98. The van der Waals surface area contributed by atoms with Gasteiger partial charge in [0, 0.05) is 6.54 Å². The van der Waals surface area contributed by atoms with E-state index in [-0.39, 0.29) is 11.9 Å². The van der Waals surface area contributed by atoms with E-state index in [2.05, 4.69) is 12.2 Å². The van der Waals surface area contributed by atoms with Gasteiger partial charge in [0.2, 0.25) is 5.91 Å². The molecule has 25 heavy (non-hydrogen) atoms. The number of carbonyl (C=O) groups excluding carboxylic acids is 2. The Hall–Kier alpha value is -2.62. The summed E-state index contributed by atoms with van der Waals surface area (Å²) in [6.07, 6.45) is 2.32. The molecular formula is C21H25NO3. The van der Waals surface area contributed by atoms with Crippen LogP contribution in [-0.2, 0) is 16.0 Å². The number of unbranched alkanes of at least 4 members (excludes halogenated alkanes) is 1. The first-order chi connectivity index (χ1) is 12.1. The van der Waals surface area contributed by atoms with Crippen LogP contribution in [0, 0.1) is 6.92 Å². The average molecular weight is 339 g/mol. The lowest BCUT2D eigenvalue weighted by Crippen LogP contribution is -2.26. The summed E-state index contributed by atoms with van der Waals surface area (Å²) in [7, 11) is 1.37. The van der Waals surface area contributed by atoms with Crippen molar-refractivity contribution in [1.29, 1.82) is 0 Å². The molecule has 0 spiro atoms. The zero-order valence-corrected chi connectivity index (χ0v) is 15.1. The maximum atomic E-state index is 12.1. The summed E-state index contributed by atoms with van der Waals surface area (Å²) in [5.41, 5.74) is 4.21. The molecular weight excluding hydrogens is 314 g/mol. The first kappa shape index (κ1) is 18.7. The van der Waals surface area contributed by atoms with Gasteiger partial charge in [-0.15, -0.1) is 0 Å². The van der Waals surface area contributed by atoms with Crippen LogP contribution in [0.4, 0.5) is 0 Å². The van der Waals surface area contributed by atoms with E-state index in [0.717, 1.165) is 35.1 Å². The number of esters is 1. The Balaban J connectivity index is 2.33. The van der Waals surface area contributed by atoms with Gasteiger partial charge in [0.05, 0.1) is 19.1 Å². The van der Waals surface area contributed by atoms with Gasteiger partial charge in [0.15, 0.2) is 0 Å². The van der Waals surface area contributed by atoms with Gasteiger partial charge in [-0.25, -0.2) is 4.79 Å². The minimum absolute atomic E-state index is 0.00463. The Bertz CT molecular complexity index is 753. The normalized spacial score (nSPS) is 10.4. The number of hydrogen-bond acceptors (Lipinski definition) is 3. The highest BCUT2D eigenvalue weighted by Gasteiger charge is 2.16. The third kappa shape index (κ3) is 4.92. The molecule has 0 atom stereocenters. The summed E-state index contributed by atoms with van der Waals surface area (Å²) >= 11 is 0. The van der Waals surface area contributed by atoms with Gasteiger partial charge >= 0.3 is 5.97 Å². The molecule has 1 N–H and O–H groups in total. The molecule has 0 bridgehead atoms. The molecule has 0 fully saturated rings. The van der Waals surface area contributed by atoms with Gasteiger partial charge in [0.1, 0.15) is 0 Å². The second kappa shape index (κ2) is 9.02. The lowest BCUT2D eigenvalue weighted by atomic mass is 9.93. The van der Waals surface area contributed by atoms with Crippen molar-refractivity contribution < 1.29 is 14.3 Å². The van der Waals surface area contributed by atoms with Crippen LogP contribution in [0.1, 0.15) is 41.3 Å². The van der Waals surface area contributed by atoms with Gasteiger partial charge < -0.3 is 10.1 Å². The van der Waals surface area contributed by atoms with E-state index in [0.29, 0.717) is 18.5 Å². The maximum Gasteiger partial charge on any atom is 0.338 e. The molecule has 0 aliphatic rings. The number of amides is 1. The molecule has 0 unspecified atom stereocenters. The standard InChI is InChI=1S/C21H25NO3/c1-4-5-12-22-20(23)14-16-10-11-18(21(24)25-3)19(13-16)17-9-7-6-8-15(17)2/h6-11,13H,4-5,12,14H2,1-3H3,(H,22,23). The number of methoxy groups -OCH3 is 1. The van der Waals surface area contributed by atoms with Crippen molar-refractivity contribution in [2.75, 3.05) is 13.7 Å². The smallest absolute Gasteiger partial charge is 0.338 e. The van der Waals surface area contributed by atoms with Gasteiger partial charge in [0.25, 0.3) is 0 Å². The van der Waals surface area contributed by atoms with Crippen molar-refractivity contribution in [3.8, 4) is 11.1 Å². The summed E-state index contributed by atoms with van der Waals surface area (Å²) < 4.78 is 4.91. The van der Waals surface area contributed by atoms with Crippen molar-refractivity contribution in [2.24, 2.45) is 0 Å². The molecule has 2 aromatic rings. The van der Waals surface area contributed by atoms with Crippen molar-refractivity contribution in [2.45, 2.75) is 33.1 Å². The topological polar surface area (TPSA) is 55.4 Å². The average Bonchev–Trinajstić information content (AvgIpc) is 2.61. The van der Waals surface area contributed by atoms with Crippen LogP contribution >= 0.6 is 0 Å². The predicted octanol–water partition coefficient (Wildman–Crippen LogP) is 3.91. The molecule has 0 radical (unpaired) electrons. The predicted molar refractivity (Wildman–Crippen MR) is 99.6 cm³/mol. The van der Waals surface area contributed by atoms with E-state index >= 15 is 0 Å². The second-order valence-corrected chi connectivity index (χ2v) is 6.07. The number of aryl methyl sites for hydroxylation is 1. The molecule has 0 saturated heterocycles. The summed E-state index contributed by atoms with van der Waals surface area (Å²) in [5, 5.41) is 2.92. The fourth-order valence-corrected chi connectivity index (χ4v) is 2.74. The number of rotatable bonds is 7.